The maximum atomic E-state index is 13.0. The predicted octanol–water partition coefficient (Wildman–Crippen LogP) is 1.84. The molecule has 13 heteroatoms. The van der Waals surface area contributed by atoms with E-state index in [1.54, 1.807) is 16.6 Å². The van der Waals surface area contributed by atoms with Crippen LogP contribution < -0.4 is 4.90 Å². The highest BCUT2D eigenvalue weighted by atomic mass is 32.2. The van der Waals surface area contributed by atoms with Crippen LogP contribution in [-0.2, 0) is 17.3 Å². The number of likely N-dealkylation sites (N-methyl/N-ethyl adjacent to an activating group) is 1. The molecule has 2 fully saturated rings. The molecule has 4 heterocycles. The fraction of sp³-hybridized carbons (Fsp3) is 0.421. The maximum Gasteiger partial charge on any atom is 0.416 e. The third-order valence-corrected chi connectivity index (χ3v) is 7.31. The van der Waals surface area contributed by atoms with Gasteiger partial charge in [0.2, 0.25) is 5.95 Å². The minimum absolute atomic E-state index is 0.108. The lowest BCUT2D eigenvalue weighted by Gasteiger charge is -2.34. The van der Waals surface area contributed by atoms with Crippen molar-refractivity contribution in [3.05, 3.63) is 35.5 Å². The molecule has 32 heavy (non-hydrogen) atoms. The van der Waals surface area contributed by atoms with Gasteiger partial charge in [0, 0.05) is 45.0 Å². The van der Waals surface area contributed by atoms with Crippen LogP contribution in [0.15, 0.2) is 24.4 Å². The molecule has 3 aromatic rings. The summed E-state index contributed by atoms with van der Waals surface area (Å²) in [6.07, 6.45) is -2.94. The molecule has 0 radical (unpaired) electrons. The Morgan fingerprint density at radius 1 is 1.19 bits per heavy atom. The maximum absolute atomic E-state index is 13.0. The van der Waals surface area contributed by atoms with E-state index >= 15 is 0 Å². The van der Waals surface area contributed by atoms with E-state index in [0.717, 1.165) is 6.07 Å². The number of aromatic nitrogens is 4. The molecule has 1 aromatic carbocycles. The van der Waals surface area contributed by atoms with Gasteiger partial charge in [0.15, 0.2) is 11.2 Å². The lowest BCUT2D eigenvalue weighted by Crippen LogP contribution is -2.51. The third kappa shape index (κ3) is 3.49. The summed E-state index contributed by atoms with van der Waals surface area (Å²) >= 11 is -1.12. The van der Waals surface area contributed by atoms with Crippen LogP contribution in [0.4, 0.5) is 19.1 Å². The molecule has 5 rings (SSSR count). The minimum Gasteiger partial charge on any atom is -0.507 e. The van der Waals surface area contributed by atoms with E-state index in [4.69, 9.17) is 0 Å². The minimum atomic E-state index is -4.55. The Morgan fingerprint density at radius 2 is 1.97 bits per heavy atom. The van der Waals surface area contributed by atoms with Gasteiger partial charge in [0.05, 0.1) is 17.3 Å². The van der Waals surface area contributed by atoms with Crippen LogP contribution in [0.25, 0.3) is 17.0 Å². The number of benzene rings is 1. The fourth-order valence-corrected chi connectivity index (χ4v) is 5.50. The first-order chi connectivity index (χ1) is 15.1. The molecule has 2 saturated heterocycles. The molecule has 170 valence electrons. The summed E-state index contributed by atoms with van der Waals surface area (Å²) < 4.78 is 56.5. The summed E-state index contributed by atoms with van der Waals surface area (Å²) in [4.78, 5) is 10.9. The van der Waals surface area contributed by atoms with Gasteiger partial charge in [0.1, 0.15) is 5.75 Å². The zero-order valence-corrected chi connectivity index (χ0v) is 18.1. The number of anilines is 1. The SMILES string of the molecule is Cc1cc(C(F)(F)F)cc(O)c1-c1ccn2nc(N3CCN4C(C3)CN(C)S4=O)nc2n1. The number of alkyl halides is 3. The molecule has 2 aliphatic rings. The van der Waals surface area contributed by atoms with E-state index < -0.39 is 28.7 Å². The van der Waals surface area contributed by atoms with Crippen molar-refractivity contribution in [1.29, 1.82) is 0 Å². The van der Waals surface area contributed by atoms with Crippen molar-refractivity contribution < 1.29 is 22.5 Å². The first-order valence-corrected chi connectivity index (χ1v) is 11.0. The molecule has 0 saturated carbocycles. The molecule has 2 atom stereocenters. The van der Waals surface area contributed by atoms with Crippen LogP contribution >= 0.6 is 0 Å². The highest BCUT2D eigenvalue weighted by Crippen LogP contribution is 2.38. The topological polar surface area (TPSA) is 90.1 Å². The second kappa shape index (κ2) is 7.39. The van der Waals surface area contributed by atoms with Gasteiger partial charge in [-0.3, -0.25) is 0 Å². The third-order valence-electron chi connectivity index (χ3n) is 5.74. The van der Waals surface area contributed by atoms with E-state index in [9.17, 15) is 22.5 Å². The van der Waals surface area contributed by atoms with Gasteiger partial charge < -0.3 is 10.0 Å². The largest absolute Gasteiger partial charge is 0.507 e. The molecule has 2 aliphatic heterocycles. The van der Waals surface area contributed by atoms with Gasteiger partial charge in [-0.2, -0.15) is 18.2 Å². The van der Waals surface area contributed by atoms with E-state index in [-0.39, 0.29) is 22.9 Å². The van der Waals surface area contributed by atoms with E-state index in [1.165, 1.54) is 11.4 Å². The number of phenolic OH excluding ortho intramolecular Hbond substituents is 1. The Kier molecular flexibility index (Phi) is 4.87. The summed E-state index contributed by atoms with van der Waals surface area (Å²) in [5, 5.41) is 14.7. The summed E-state index contributed by atoms with van der Waals surface area (Å²) in [7, 11) is 1.83. The van der Waals surface area contributed by atoms with Crippen molar-refractivity contribution in [2.75, 3.05) is 38.1 Å². The number of rotatable bonds is 2. The Bertz CT molecular complexity index is 1210. The second-order valence-electron chi connectivity index (χ2n) is 7.94. The number of hydrogen-bond acceptors (Lipinski definition) is 6. The number of fused-ring (bicyclic) bond motifs is 2. The zero-order chi connectivity index (χ0) is 22.8. The van der Waals surface area contributed by atoms with E-state index in [2.05, 4.69) is 15.1 Å². The van der Waals surface area contributed by atoms with Gasteiger partial charge in [-0.25, -0.2) is 22.3 Å². The van der Waals surface area contributed by atoms with Gasteiger partial charge in [0.25, 0.3) is 5.78 Å². The molecule has 0 spiro atoms. The lowest BCUT2D eigenvalue weighted by atomic mass is 10.0. The first-order valence-electron chi connectivity index (χ1n) is 9.91. The van der Waals surface area contributed by atoms with Crippen molar-refractivity contribution in [2.45, 2.75) is 19.1 Å². The Morgan fingerprint density at radius 3 is 2.69 bits per heavy atom. The van der Waals surface area contributed by atoms with Crippen LogP contribution in [-0.4, -0.2) is 76.8 Å². The van der Waals surface area contributed by atoms with Crippen LogP contribution in [0.5, 0.6) is 5.75 Å². The van der Waals surface area contributed by atoms with Crippen molar-refractivity contribution in [1.82, 2.24) is 28.2 Å². The average Bonchev–Trinajstić information content (AvgIpc) is 3.27. The molecule has 0 aliphatic carbocycles. The van der Waals surface area contributed by atoms with Crippen molar-refractivity contribution in [3.63, 3.8) is 0 Å². The highest BCUT2D eigenvalue weighted by Gasteiger charge is 2.40. The van der Waals surface area contributed by atoms with Gasteiger partial charge in [-0.15, -0.1) is 5.10 Å². The summed E-state index contributed by atoms with van der Waals surface area (Å²) in [5.74, 6) is 0.247. The van der Waals surface area contributed by atoms with Crippen LogP contribution in [0.2, 0.25) is 0 Å². The molecular formula is C19H20F3N7O2S. The van der Waals surface area contributed by atoms with Gasteiger partial charge >= 0.3 is 6.18 Å². The number of halogens is 3. The lowest BCUT2D eigenvalue weighted by molar-refractivity contribution is -0.137. The number of hydrogen-bond donors (Lipinski definition) is 1. The smallest absolute Gasteiger partial charge is 0.416 e. The Labute approximate surface area is 183 Å². The average molecular weight is 467 g/mol. The van der Waals surface area contributed by atoms with Gasteiger partial charge in [-0.05, 0) is 30.7 Å². The normalized spacial score (nSPS) is 22.6. The first kappa shape index (κ1) is 21.1. The van der Waals surface area contributed by atoms with Crippen molar-refractivity contribution in [2.24, 2.45) is 0 Å². The molecule has 0 bridgehead atoms. The summed E-state index contributed by atoms with van der Waals surface area (Å²) in [5.41, 5.74) is -0.143. The highest BCUT2D eigenvalue weighted by molar-refractivity contribution is 7.80. The van der Waals surface area contributed by atoms with Crippen molar-refractivity contribution >= 4 is 22.9 Å². The number of aromatic hydroxyl groups is 1. The molecule has 0 amide bonds. The molecule has 2 aromatic heterocycles. The quantitative estimate of drug-likeness (QED) is 0.619. The standard InChI is InChI=1S/C19H20F3N7O2S/c1-11-7-12(19(20,21)22)8-15(30)16(11)14-3-4-28-17(23-14)24-18(25-28)27-5-6-29-13(10-27)9-26(2)32(29)31/h3-4,7-8,13,30H,5-6,9-10H2,1-2H3. The van der Waals surface area contributed by atoms with E-state index in [0.29, 0.717) is 43.9 Å². The second-order valence-corrected chi connectivity index (χ2v) is 9.49. The van der Waals surface area contributed by atoms with Crippen molar-refractivity contribution in [3.8, 4) is 17.0 Å². The summed E-state index contributed by atoms with van der Waals surface area (Å²) in [6.45, 7) is 4.03. The Hall–Kier alpha value is -2.77. The zero-order valence-electron chi connectivity index (χ0n) is 17.2. The van der Waals surface area contributed by atoms with Crippen LogP contribution in [0.1, 0.15) is 11.1 Å². The number of phenols is 1. The van der Waals surface area contributed by atoms with Crippen LogP contribution in [0, 0.1) is 6.92 Å². The number of aryl methyl sites for hydroxylation is 1. The van der Waals surface area contributed by atoms with Gasteiger partial charge in [-0.1, -0.05) is 0 Å². The molecule has 9 nitrogen and oxygen atoms in total. The fourth-order valence-electron chi connectivity index (χ4n) is 4.22. The molecule has 2 unspecified atom stereocenters. The molecule has 1 N–H and O–H groups in total. The number of nitrogens with zero attached hydrogens (tertiary/aromatic N) is 7. The Balaban J connectivity index is 1.45. The number of piperazine rings is 1. The summed E-state index contributed by atoms with van der Waals surface area (Å²) in [6, 6.07) is 3.37. The predicted molar refractivity (Wildman–Crippen MR) is 111 cm³/mol. The molecular weight excluding hydrogens is 447 g/mol. The monoisotopic (exact) mass is 467 g/mol. The van der Waals surface area contributed by atoms with E-state index in [1.807, 2.05) is 16.3 Å². The van der Waals surface area contributed by atoms with Crippen LogP contribution in [0.3, 0.4) is 0 Å².